The van der Waals surface area contributed by atoms with Crippen molar-refractivity contribution in [3.05, 3.63) is 58.4 Å². The second-order valence-electron chi connectivity index (χ2n) is 8.82. The number of nitrogens with zero attached hydrogens (tertiary/aromatic N) is 4. The summed E-state index contributed by atoms with van der Waals surface area (Å²) in [6.45, 7) is -0.331. The average Bonchev–Trinajstić information content (AvgIpc) is 2.79. The molecule has 1 aliphatic heterocycles. The van der Waals surface area contributed by atoms with E-state index in [4.69, 9.17) is 9.57 Å². The fourth-order valence-corrected chi connectivity index (χ4v) is 5.88. The molecule has 3 aromatic rings. The molecule has 0 atom stereocenters. The van der Waals surface area contributed by atoms with Gasteiger partial charge in [0.1, 0.15) is 37.0 Å². The van der Waals surface area contributed by atoms with Crippen molar-refractivity contribution in [2.45, 2.75) is 19.3 Å². The highest BCUT2D eigenvalue weighted by molar-refractivity contribution is 7.90. The van der Waals surface area contributed by atoms with Crippen LogP contribution in [0.25, 0.3) is 10.9 Å². The first kappa shape index (κ1) is 24.0. The number of aromatic nitrogens is 2. The second-order valence-corrected chi connectivity index (χ2v) is 10.5. The fraction of sp³-hybridized carbons (Fsp3) is 0.348. The number of halogens is 2. The molecule has 2 aliphatic rings. The molecule has 0 radical (unpaired) electrons. The van der Waals surface area contributed by atoms with Crippen molar-refractivity contribution < 1.29 is 26.8 Å². The maximum absolute atomic E-state index is 14.7. The van der Waals surface area contributed by atoms with E-state index < -0.39 is 34.0 Å². The number of nitrogens with one attached hydrogen (secondary N) is 1. The normalized spacial score (nSPS) is 16.7. The van der Waals surface area contributed by atoms with Gasteiger partial charge in [0.15, 0.2) is 11.6 Å². The van der Waals surface area contributed by atoms with Gasteiger partial charge in [-0.05, 0) is 48.6 Å². The van der Waals surface area contributed by atoms with E-state index in [0.717, 1.165) is 42.5 Å². The average molecular weight is 518 g/mol. The molecule has 0 amide bonds. The summed E-state index contributed by atoms with van der Waals surface area (Å²) >= 11 is 0. The van der Waals surface area contributed by atoms with Crippen LogP contribution in [0.15, 0.2) is 41.5 Å². The molecular formula is C23H21F2N5O5S. The molecule has 1 aromatic heterocycles. The van der Waals surface area contributed by atoms with Crippen LogP contribution in [-0.4, -0.2) is 48.8 Å². The minimum Gasteiger partial charge on any atom is -0.453 e. The maximum atomic E-state index is 14.7. The summed E-state index contributed by atoms with van der Waals surface area (Å²) in [4.78, 5) is 21.7. The van der Waals surface area contributed by atoms with Crippen molar-refractivity contribution >= 4 is 26.8 Å². The molecule has 10 nitrogen and oxygen atoms in total. The topological polar surface area (TPSA) is 127 Å². The van der Waals surface area contributed by atoms with Gasteiger partial charge in [0, 0.05) is 13.1 Å². The van der Waals surface area contributed by atoms with Crippen LogP contribution in [0.4, 0.5) is 14.5 Å². The molecule has 1 saturated heterocycles. The van der Waals surface area contributed by atoms with Crippen LogP contribution < -0.4 is 19.9 Å². The van der Waals surface area contributed by atoms with Crippen LogP contribution in [0.3, 0.4) is 0 Å². The molecular weight excluding hydrogens is 496 g/mol. The SMILES string of the molecule is N#Cc1c(NS(=O)(=O)N2CC3(CCC3)C2)ccc(F)c1Oc1ccc2ncn(OCCF)c(=O)c2c1. The minimum absolute atomic E-state index is 0.00489. The lowest BCUT2D eigenvalue weighted by molar-refractivity contribution is -0.00752. The number of fused-ring (bicyclic) bond motifs is 1. The van der Waals surface area contributed by atoms with E-state index in [-0.39, 0.29) is 39.9 Å². The first-order valence-electron chi connectivity index (χ1n) is 11.1. The van der Waals surface area contributed by atoms with Crippen molar-refractivity contribution in [2.24, 2.45) is 5.41 Å². The molecule has 1 N–H and O–H groups in total. The second kappa shape index (κ2) is 9.03. The van der Waals surface area contributed by atoms with E-state index in [1.807, 2.05) is 0 Å². The predicted molar refractivity (Wildman–Crippen MR) is 125 cm³/mol. The van der Waals surface area contributed by atoms with Crippen molar-refractivity contribution in [3.63, 3.8) is 0 Å². The minimum atomic E-state index is -3.94. The quantitative estimate of drug-likeness (QED) is 0.487. The molecule has 2 fully saturated rings. The van der Waals surface area contributed by atoms with Gasteiger partial charge in [-0.1, -0.05) is 6.42 Å². The largest absolute Gasteiger partial charge is 0.453 e. The lowest BCUT2D eigenvalue weighted by Gasteiger charge is -2.54. The molecule has 5 rings (SSSR count). The van der Waals surface area contributed by atoms with Gasteiger partial charge in [-0.2, -0.15) is 18.0 Å². The Bertz CT molecular complexity index is 1540. The zero-order chi connectivity index (χ0) is 25.5. The van der Waals surface area contributed by atoms with Gasteiger partial charge in [-0.3, -0.25) is 9.52 Å². The number of hydrogen-bond acceptors (Lipinski definition) is 7. The molecule has 0 bridgehead atoms. The third-order valence-electron chi connectivity index (χ3n) is 6.47. The smallest absolute Gasteiger partial charge is 0.301 e. The van der Waals surface area contributed by atoms with Gasteiger partial charge >= 0.3 is 10.2 Å². The monoisotopic (exact) mass is 517 g/mol. The number of nitriles is 1. The zero-order valence-corrected chi connectivity index (χ0v) is 19.7. The van der Waals surface area contributed by atoms with Crippen LogP contribution >= 0.6 is 0 Å². The van der Waals surface area contributed by atoms with E-state index in [9.17, 15) is 27.3 Å². The van der Waals surface area contributed by atoms with Crippen LogP contribution in [0.2, 0.25) is 0 Å². The first-order chi connectivity index (χ1) is 17.2. The molecule has 36 heavy (non-hydrogen) atoms. The van der Waals surface area contributed by atoms with Crippen molar-refractivity contribution in [1.29, 1.82) is 5.26 Å². The van der Waals surface area contributed by atoms with Gasteiger partial charge in [-0.25, -0.2) is 13.8 Å². The van der Waals surface area contributed by atoms with Crippen LogP contribution in [0, 0.1) is 22.6 Å². The Labute approximate surface area is 204 Å². The van der Waals surface area contributed by atoms with Gasteiger partial charge < -0.3 is 9.57 Å². The molecule has 2 aromatic carbocycles. The summed E-state index contributed by atoms with van der Waals surface area (Å²) in [5.41, 5.74) is -0.779. The highest BCUT2D eigenvalue weighted by atomic mass is 32.2. The van der Waals surface area contributed by atoms with Gasteiger partial charge in [0.05, 0.1) is 16.6 Å². The standard InChI is InChI=1S/C23H21F2N5O5S/c24-8-9-34-30-14-27-19-4-2-15(10-16(19)22(30)31)35-21-17(11-26)20(5-3-18(21)25)28-36(32,33)29-12-23(13-29)6-1-7-23/h2-5,10,14,28H,1,6-9,12-13H2. The van der Waals surface area contributed by atoms with Crippen LogP contribution in [0.5, 0.6) is 11.5 Å². The van der Waals surface area contributed by atoms with E-state index in [1.54, 1.807) is 6.07 Å². The Kier molecular flexibility index (Phi) is 6.01. The Morgan fingerprint density at radius 1 is 1.22 bits per heavy atom. The molecule has 13 heteroatoms. The number of ether oxygens (including phenoxy) is 1. The molecule has 1 saturated carbocycles. The number of hydrogen-bond donors (Lipinski definition) is 1. The predicted octanol–water partition coefficient (Wildman–Crippen LogP) is 2.74. The highest BCUT2D eigenvalue weighted by Crippen LogP contribution is 2.49. The van der Waals surface area contributed by atoms with Crippen LogP contribution in [-0.2, 0) is 10.2 Å². The van der Waals surface area contributed by atoms with Crippen molar-refractivity contribution in [1.82, 2.24) is 14.0 Å². The maximum Gasteiger partial charge on any atom is 0.301 e. The fourth-order valence-electron chi connectivity index (χ4n) is 4.41. The number of anilines is 1. The summed E-state index contributed by atoms with van der Waals surface area (Å²) in [5, 5.41) is 9.77. The summed E-state index contributed by atoms with van der Waals surface area (Å²) in [6, 6.07) is 8.07. The van der Waals surface area contributed by atoms with E-state index in [1.165, 1.54) is 22.5 Å². The van der Waals surface area contributed by atoms with Crippen molar-refractivity contribution in [3.8, 4) is 17.6 Å². The lowest BCUT2D eigenvalue weighted by Crippen LogP contribution is -2.62. The molecule has 1 spiro atoms. The molecule has 188 valence electrons. The number of alkyl halides is 1. The van der Waals surface area contributed by atoms with E-state index in [0.29, 0.717) is 13.1 Å². The van der Waals surface area contributed by atoms with Crippen molar-refractivity contribution in [2.75, 3.05) is 31.1 Å². The Balaban J connectivity index is 1.43. The summed E-state index contributed by atoms with van der Waals surface area (Å²) < 4.78 is 62.8. The zero-order valence-electron chi connectivity index (χ0n) is 18.9. The lowest BCUT2D eigenvalue weighted by atomic mass is 9.65. The summed E-state index contributed by atoms with van der Waals surface area (Å²) in [6.07, 6.45) is 4.17. The van der Waals surface area contributed by atoms with E-state index in [2.05, 4.69) is 9.71 Å². The Hall–Kier alpha value is -3.76. The van der Waals surface area contributed by atoms with Crippen LogP contribution in [0.1, 0.15) is 24.8 Å². The summed E-state index contributed by atoms with van der Waals surface area (Å²) in [5.74, 6) is -1.41. The molecule has 1 aliphatic carbocycles. The van der Waals surface area contributed by atoms with Gasteiger partial charge in [0.25, 0.3) is 5.56 Å². The number of benzene rings is 2. The third-order valence-corrected chi connectivity index (χ3v) is 7.88. The number of rotatable bonds is 8. The van der Waals surface area contributed by atoms with Gasteiger partial charge in [0.2, 0.25) is 0 Å². The Morgan fingerprint density at radius 2 is 2.00 bits per heavy atom. The molecule has 2 heterocycles. The van der Waals surface area contributed by atoms with Gasteiger partial charge in [-0.15, -0.1) is 4.73 Å². The third kappa shape index (κ3) is 4.22. The van der Waals surface area contributed by atoms with E-state index >= 15 is 0 Å². The highest BCUT2D eigenvalue weighted by Gasteiger charge is 2.51. The summed E-state index contributed by atoms with van der Waals surface area (Å²) in [7, 11) is -3.94. The molecule has 0 unspecified atom stereocenters. The Morgan fingerprint density at radius 3 is 2.67 bits per heavy atom. The first-order valence-corrected chi connectivity index (χ1v) is 12.6.